The second kappa shape index (κ2) is 7.46. The van der Waals surface area contributed by atoms with E-state index in [0.29, 0.717) is 22.4 Å². The van der Waals surface area contributed by atoms with Crippen LogP contribution in [0.15, 0.2) is 18.2 Å². The van der Waals surface area contributed by atoms with E-state index in [1.165, 1.54) is 25.7 Å². The Morgan fingerprint density at radius 1 is 1.35 bits per heavy atom. The maximum absolute atomic E-state index is 12.3. The predicted octanol–water partition coefficient (Wildman–Crippen LogP) is 4.58. The van der Waals surface area contributed by atoms with Crippen molar-refractivity contribution in [1.29, 1.82) is 0 Å². The quantitative estimate of drug-likeness (QED) is 0.784. The van der Waals surface area contributed by atoms with Crippen LogP contribution >= 0.6 is 27.5 Å². The minimum absolute atomic E-state index is 0.0103. The number of benzene rings is 1. The second-order valence-corrected chi connectivity index (χ2v) is 6.64. The van der Waals surface area contributed by atoms with E-state index in [1.807, 2.05) is 25.1 Å². The number of halogens is 2. The van der Waals surface area contributed by atoms with E-state index in [1.54, 1.807) is 0 Å². The minimum Gasteiger partial charge on any atom is -0.352 e. The van der Waals surface area contributed by atoms with Crippen molar-refractivity contribution in [2.75, 3.05) is 11.9 Å². The van der Waals surface area contributed by atoms with Crippen LogP contribution in [-0.4, -0.2) is 17.8 Å². The monoisotopic (exact) mass is 357 g/mol. The maximum Gasteiger partial charge on any atom is 0.251 e. The van der Waals surface area contributed by atoms with Gasteiger partial charge in [0.1, 0.15) is 0 Å². The molecule has 0 saturated heterocycles. The van der Waals surface area contributed by atoms with Gasteiger partial charge in [-0.1, -0.05) is 46.4 Å². The topological polar surface area (TPSA) is 29.1 Å². The molecule has 0 heterocycles. The standard InChI is InChI=1S/C16H21BrClNO/c1-11-14(7-4-8-15(11)18)16(20)19-10-13-6-3-2-5-12(13)9-17/h4,7-8,12-13H,2-3,5-6,9-10H2,1H3,(H,19,20). The maximum atomic E-state index is 12.3. The summed E-state index contributed by atoms with van der Waals surface area (Å²) in [5.74, 6) is 1.26. The van der Waals surface area contributed by atoms with Gasteiger partial charge >= 0.3 is 0 Å². The first kappa shape index (κ1) is 15.8. The number of hydrogen-bond donors (Lipinski definition) is 1. The first-order valence-electron chi connectivity index (χ1n) is 7.22. The minimum atomic E-state index is -0.0103. The molecule has 0 aromatic heterocycles. The molecule has 2 unspecified atom stereocenters. The summed E-state index contributed by atoms with van der Waals surface area (Å²) in [4.78, 5) is 12.3. The Morgan fingerprint density at radius 2 is 2.05 bits per heavy atom. The summed E-state index contributed by atoms with van der Waals surface area (Å²) in [5, 5.41) is 4.76. The molecular formula is C16H21BrClNO. The van der Waals surface area contributed by atoms with Crippen LogP contribution in [-0.2, 0) is 0 Å². The zero-order valence-corrected chi connectivity index (χ0v) is 14.1. The van der Waals surface area contributed by atoms with Gasteiger partial charge in [-0.25, -0.2) is 0 Å². The Balaban J connectivity index is 1.96. The van der Waals surface area contributed by atoms with E-state index >= 15 is 0 Å². The molecule has 1 N–H and O–H groups in total. The lowest BCUT2D eigenvalue weighted by Gasteiger charge is -2.30. The molecule has 1 aliphatic carbocycles. The predicted molar refractivity (Wildman–Crippen MR) is 87.8 cm³/mol. The summed E-state index contributed by atoms with van der Waals surface area (Å²) >= 11 is 9.66. The highest BCUT2D eigenvalue weighted by Gasteiger charge is 2.24. The van der Waals surface area contributed by atoms with E-state index < -0.39 is 0 Å². The molecule has 1 saturated carbocycles. The van der Waals surface area contributed by atoms with Gasteiger partial charge in [-0.3, -0.25) is 4.79 Å². The van der Waals surface area contributed by atoms with Gasteiger partial charge in [0, 0.05) is 22.5 Å². The molecule has 20 heavy (non-hydrogen) atoms. The fourth-order valence-corrected chi connectivity index (χ4v) is 3.96. The smallest absolute Gasteiger partial charge is 0.251 e. The number of nitrogens with one attached hydrogen (secondary N) is 1. The molecule has 1 aliphatic rings. The highest BCUT2D eigenvalue weighted by atomic mass is 79.9. The van der Waals surface area contributed by atoms with E-state index in [9.17, 15) is 4.79 Å². The normalized spacial score (nSPS) is 22.6. The van der Waals surface area contributed by atoms with E-state index in [-0.39, 0.29) is 5.91 Å². The summed E-state index contributed by atoms with van der Waals surface area (Å²) in [7, 11) is 0. The van der Waals surface area contributed by atoms with Gasteiger partial charge in [0.2, 0.25) is 0 Å². The Morgan fingerprint density at radius 3 is 2.75 bits per heavy atom. The third-order valence-corrected chi connectivity index (χ3v) is 5.54. The molecule has 2 atom stereocenters. The Labute approximate surface area is 134 Å². The molecule has 0 spiro atoms. The molecule has 1 fully saturated rings. The summed E-state index contributed by atoms with van der Waals surface area (Å²) in [6.07, 6.45) is 5.07. The summed E-state index contributed by atoms with van der Waals surface area (Å²) < 4.78 is 0. The van der Waals surface area contributed by atoms with Gasteiger partial charge in [0.05, 0.1) is 0 Å². The molecular weight excluding hydrogens is 338 g/mol. The number of carbonyl (C=O) groups excluding carboxylic acids is 1. The summed E-state index contributed by atoms with van der Waals surface area (Å²) in [6, 6.07) is 5.47. The van der Waals surface area contributed by atoms with Crippen molar-refractivity contribution in [3.63, 3.8) is 0 Å². The number of hydrogen-bond acceptors (Lipinski definition) is 1. The molecule has 110 valence electrons. The van der Waals surface area contributed by atoms with Crippen molar-refractivity contribution in [3.05, 3.63) is 34.3 Å². The Kier molecular flexibility index (Phi) is 5.91. The molecule has 4 heteroatoms. The SMILES string of the molecule is Cc1c(Cl)cccc1C(=O)NCC1CCCCC1CBr. The van der Waals surface area contributed by atoms with Crippen molar-refractivity contribution < 1.29 is 4.79 Å². The molecule has 0 bridgehead atoms. The number of alkyl halides is 1. The lowest BCUT2D eigenvalue weighted by Crippen LogP contribution is -2.35. The van der Waals surface area contributed by atoms with Crippen LogP contribution in [0, 0.1) is 18.8 Å². The van der Waals surface area contributed by atoms with E-state index in [0.717, 1.165) is 17.4 Å². The van der Waals surface area contributed by atoms with Gasteiger partial charge in [0.15, 0.2) is 0 Å². The fraction of sp³-hybridized carbons (Fsp3) is 0.562. The Bertz CT molecular complexity index is 478. The van der Waals surface area contributed by atoms with Crippen LogP contribution in [0.5, 0.6) is 0 Å². The number of rotatable bonds is 4. The summed E-state index contributed by atoms with van der Waals surface area (Å²) in [6.45, 7) is 2.65. The van der Waals surface area contributed by atoms with Crippen molar-refractivity contribution in [1.82, 2.24) is 5.32 Å². The van der Waals surface area contributed by atoms with Crippen LogP contribution in [0.25, 0.3) is 0 Å². The van der Waals surface area contributed by atoms with Gasteiger partial charge < -0.3 is 5.32 Å². The highest BCUT2D eigenvalue weighted by molar-refractivity contribution is 9.09. The van der Waals surface area contributed by atoms with Gasteiger partial charge in [-0.15, -0.1) is 0 Å². The molecule has 0 aliphatic heterocycles. The first-order valence-corrected chi connectivity index (χ1v) is 8.72. The van der Waals surface area contributed by atoms with Gasteiger partial charge in [-0.05, 0) is 49.3 Å². The lowest BCUT2D eigenvalue weighted by atomic mass is 9.80. The van der Waals surface area contributed by atoms with Crippen molar-refractivity contribution in [3.8, 4) is 0 Å². The third kappa shape index (κ3) is 3.76. The van der Waals surface area contributed by atoms with Crippen LogP contribution in [0.1, 0.15) is 41.6 Å². The largest absolute Gasteiger partial charge is 0.352 e. The van der Waals surface area contributed by atoms with Gasteiger partial charge in [-0.2, -0.15) is 0 Å². The van der Waals surface area contributed by atoms with Gasteiger partial charge in [0.25, 0.3) is 5.91 Å². The molecule has 0 radical (unpaired) electrons. The Hall–Kier alpha value is -0.540. The van der Waals surface area contributed by atoms with Crippen molar-refractivity contribution in [2.45, 2.75) is 32.6 Å². The first-order chi connectivity index (χ1) is 9.63. The van der Waals surface area contributed by atoms with Crippen molar-refractivity contribution in [2.24, 2.45) is 11.8 Å². The molecule has 1 aromatic rings. The van der Waals surface area contributed by atoms with Crippen LogP contribution < -0.4 is 5.32 Å². The number of amides is 1. The average molecular weight is 359 g/mol. The third-order valence-electron chi connectivity index (χ3n) is 4.30. The second-order valence-electron chi connectivity index (χ2n) is 5.58. The summed E-state index contributed by atoms with van der Waals surface area (Å²) in [5.41, 5.74) is 1.54. The highest BCUT2D eigenvalue weighted by Crippen LogP contribution is 2.30. The molecule has 1 aromatic carbocycles. The average Bonchev–Trinajstić information content (AvgIpc) is 2.48. The zero-order chi connectivity index (χ0) is 14.5. The van der Waals surface area contributed by atoms with E-state index in [2.05, 4.69) is 21.2 Å². The van der Waals surface area contributed by atoms with Crippen molar-refractivity contribution >= 4 is 33.4 Å². The lowest BCUT2D eigenvalue weighted by molar-refractivity contribution is 0.0936. The zero-order valence-electron chi connectivity index (χ0n) is 11.8. The fourth-order valence-electron chi connectivity index (χ4n) is 2.93. The molecule has 1 amide bonds. The molecule has 2 rings (SSSR count). The van der Waals surface area contributed by atoms with Crippen LogP contribution in [0.2, 0.25) is 5.02 Å². The van der Waals surface area contributed by atoms with E-state index in [4.69, 9.17) is 11.6 Å². The van der Waals surface area contributed by atoms with Crippen LogP contribution in [0.3, 0.4) is 0 Å². The van der Waals surface area contributed by atoms with Crippen LogP contribution in [0.4, 0.5) is 0 Å². The number of carbonyl (C=O) groups is 1. The molecule has 2 nitrogen and oxygen atoms in total.